The minimum absolute atomic E-state index is 0. The van der Waals surface area contributed by atoms with E-state index >= 15 is 0 Å². The molecule has 4 heteroatoms. The molecule has 2 aromatic rings. The minimum Gasteiger partial charge on any atom is 0 e. The molecule has 21 heavy (non-hydrogen) atoms. The molecule has 0 fully saturated rings. The van der Waals surface area contributed by atoms with Gasteiger partial charge < -0.3 is 0 Å². The maximum Gasteiger partial charge on any atom is 0 e. The minimum atomic E-state index is 0. The molecule has 0 saturated heterocycles. The summed E-state index contributed by atoms with van der Waals surface area (Å²) in [6.07, 6.45) is 4.71. The zero-order valence-electron chi connectivity index (χ0n) is 11.4. The molecule has 0 aliphatic heterocycles. The van der Waals surface area contributed by atoms with Crippen LogP contribution in [0.1, 0.15) is 23.6 Å². The van der Waals surface area contributed by atoms with E-state index in [1.54, 1.807) is 0 Å². The summed E-state index contributed by atoms with van der Waals surface area (Å²) in [6.45, 7) is 12.8. The summed E-state index contributed by atoms with van der Waals surface area (Å²) in [4.78, 5) is 4.43. The Kier molecular flexibility index (Phi) is 14.8. The molecule has 0 aliphatic carbocycles. The number of rotatable bonds is 4. The van der Waals surface area contributed by atoms with Gasteiger partial charge >= 0.3 is 22.6 Å². The first-order valence-electron chi connectivity index (χ1n) is 5.89. The topological polar surface area (TPSA) is 52.7 Å². The van der Waals surface area contributed by atoms with Crippen molar-refractivity contribution in [3.05, 3.63) is 91.9 Å². The van der Waals surface area contributed by atoms with Gasteiger partial charge in [0.05, 0.1) is 0 Å². The number of pyridine rings is 1. The Balaban J connectivity index is 0. The van der Waals surface area contributed by atoms with Crippen molar-refractivity contribution in [1.29, 1.82) is 0 Å². The molecule has 0 bridgehead atoms. The first kappa shape index (κ1) is 21.4. The fourth-order valence-corrected chi connectivity index (χ4v) is 1.86. The molecule has 2 rings (SSSR count). The molecular formula is C17H15CrNO2. The molecule has 0 radical (unpaired) electrons. The van der Waals surface area contributed by atoms with E-state index in [0.29, 0.717) is 5.92 Å². The van der Waals surface area contributed by atoms with Gasteiger partial charge in [-0.25, -0.2) is 0 Å². The van der Waals surface area contributed by atoms with Crippen molar-refractivity contribution in [1.82, 2.24) is 4.98 Å². The van der Waals surface area contributed by atoms with Crippen molar-refractivity contribution in [3.8, 4) is 0 Å². The summed E-state index contributed by atoms with van der Waals surface area (Å²) >= 11 is 0. The molecule has 1 atom stereocenters. The van der Waals surface area contributed by atoms with E-state index in [1.807, 2.05) is 30.5 Å². The van der Waals surface area contributed by atoms with Gasteiger partial charge in [-0.15, -0.1) is 6.58 Å². The van der Waals surface area contributed by atoms with Crippen molar-refractivity contribution in [2.75, 3.05) is 0 Å². The third-order valence-corrected chi connectivity index (χ3v) is 2.65. The molecule has 0 spiro atoms. The fourth-order valence-electron chi connectivity index (χ4n) is 1.86. The van der Waals surface area contributed by atoms with Gasteiger partial charge in [-0.3, -0.25) is 4.98 Å². The summed E-state index contributed by atoms with van der Waals surface area (Å²) in [5.41, 5.74) is 2.40. The maximum absolute atomic E-state index is 7.50. The van der Waals surface area contributed by atoms with Gasteiger partial charge in [0.2, 0.25) is 0 Å². The Hall–Kier alpha value is -1.88. The van der Waals surface area contributed by atoms with Gasteiger partial charge in [-0.05, 0) is 24.1 Å². The average Bonchev–Trinajstić information content (AvgIpc) is 2.58. The molecule has 1 aromatic carbocycles. The number of benzene rings is 1. The van der Waals surface area contributed by atoms with Gasteiger partial charge in [0.1, 0.15) is 0 Å². The Labute approximate surface area is 136 Å². The fraction of sp³-hybridized carbons (Fsp3) is 0.118. The number of aromatic nitrogens is 1. The van der Waals surface area contributed by atoms with Crippen molar-refractivity contribution in [3.63, 3.8) is 0 Å². The molecule has 3 nitrogen and oxygen atoms in total. The Morgan fingerprint density at radius 2 is 1.57 bits per heavy atom. The van der Waals surface area contributed by atoms with Gasteiger partial charge in [0.15, 0.2) is 0 Å². The average molecular weight is 317 g/mol. The van der Waals surface area contributed by atoms with Crippen LogP contribution in [0.15, 0.2) is 67.4 Å². The van der Waals surface area contributed by atoms with E-state index in [-0.39, 0.29) is 17.4 Å². The second kappa shape index (κ2) is 14.5. The predicted octanol–water partition coefficient (Wildman–Crippen LogP) is 3.71. The van der Waals surface area contributed by atoms with Crippen LogP contribution in [0.5, 0.6) is 0 Å². The summed E-state index contributed by atoms with van der Waals surface area (Å²) in [5.74, 6) is 0.319. The first-order valence-corrected chi connectivity index (χ1v) is 5.89. The van der Waals surface area contributed by atoms with Crippen LogP contribution < -0.4 is 0 Å². The molecule has 0 unspecified atom stereocenters. The van der Waals surface area contributed by atoms with E-state index in [4.69, 9.17) is 9.30 Å². The van der Waals surface area contributed by atoms with Crippen LogP contribution in [0.2, 0.25) is 0 Å². The third kappa shape index (κ3) is 7.46. The second-order valence-corrected chi connectivity index (χ2v) is 3.74. The Morgan fingerprint density at radius 1 is 1.00 bits per heavy atom. The van der Waals surface area contributed by atoms with Crippen LogP contribution in [-0.2, 0) is 26.7 Å². The zero-order valence-corrected chi connectivity index (χ0v) is 12.7. The van der Waals surface area contributed by atoms with E-state index in [1.165, 1.54) is 5.56 Å². The summed E-state index contributed by atoms with van der Waals surface area (Å²) < 4.78 is 15.0. The van der Waals surface area contributed by atoms with Crippen LogP contribution >= 0.6 is 0 Å². The Morgan fingerprint density at radius 3 is 2.05 bits per heavy atom. The van der Waals surface area contributed by atoms with E-state index in [0.717, 1.165) is 12.1 Å². The SMILES string of the molecule is C=CC[C@H](c1ccccc1)c1ccccn1.[C-]#[O+].[C-]#[O+].[Cr]. The van der Waals surface area contributed by atoms with Crippen molar-refractivity contribution in [2.24, 2.45) is 0 Å². The first-order chi connectivity index (χ1) is 9.92. The quantitative estimate of drug-likeness (QED) is 0.482. The molecular weight excluding hydrogens is 302 g/mol. The largest absolute Gasteiger partial charge is 0 e. The molecule has 0 aliphatic rings. The van der Waals surface area contributed by atoms with Gasteiger partial charge in [0.25, 0.3) is 0 Å². The van der Waals surface area contributed by atoms with Crippen molar-refractivity contribution >= 4 is 0 Å². The van der Waals surface area contributed by atoms with Crippen molar-refractivity contribution in [2.45, 2.75) is 12.3 Å². The monoisotopic (exact) mass is 317 g/mol. The smallest absolute Gasteiger partial charge is 0 e. The number of allylic oxidation sites excluding steroid dienone is 1. The second-order valence-electron chi connectivity index (χ2n) is 3.74. The molecule has 0 saturated carbocycles. The van der Waals surface area contributed by atoms with Gasteiger partial charge in [-0.2, -0.15) is 0 Å². The number of hydrogen-bond donors (Lipinski definition) is 0. The molecule has 0 amide bonds. The molecule has 0 N–H and O–H groups in total. The van der Waals surface area contributed by atoms with Gasteiger partial charge in [-0.1, -0.05) is 42.5 Å². The molecule has 1 aromatic heterocycles. The van der Waals surface area contributed by atoms with E-state index in [9.17, 15) is 0 Å². The number of nitrogens with zero attached hydrogens (tertiary/aromatic N) is 1. The van der Waals surface area contributed by atoms with Crippen LogP contribution in [-0.4, -0.2) is 4.98 Å². The third-order valence-electron chi connectivity index (χ3n) is 2.65. The van der Waals surface area contributed by atoms with Crippen LogP contribution in [0.4, 0.5) is 0 Å². The van der Waals surface area contributed by atoms with E-state index < -0.39 is 0 Å². The van der Waals surface area contributed by atoms with Gasteiger partial charge in [0, 0.05) is 35.2 Å². The normalized spacial score (nSPS) is 9.33. The van der Waals surface area contributed by atoms with Crippen LogP contribution in [0, 0.1) is 13.3 Å². The maximum atomic E-state index is 7.50. The summed E-state index contributed by atoms with van der Waals surface area (Å²) in [7, 11) is 0. The molecule has 106 valence electrons. The van der Waals surface area contributed by atoms with Crippen LogP contribution in [0.25, 0.3) is 0 Å². The zero-order chi connectivity index (χ0) is 15.2. The Bertz CT molecular complexity index is 478. The number of hydrogen-bond acceptors (Lipinski definition) is 1. The standard InChI is InChI=1S/C15H15N.2CO.Cr/c1-2-8-14(13-9-4-3-5-10-13)15-11-6-7-12-16-15;2*1-2;/h2-7,9-12,14H,1,8H2;;;/t14-;;;/m1.../s1. The van der Waals surface area contributed by atoms with Crippen LogP contribution in [0.3, 0.4) is 0 Å². The van der Waals surface area contributed by atoms with E-state index in [2.05, 4.69) is 55.2 Å². The summed E-state index contributed by atoms with van der Waals surface area (Å²) in [6, 6.07) is 16.5. The van der Waals surface area contributed by atoms with Crippen molar-refractivity contribution < 1.29 is 26.7 Å². The predicted molar refractivity (Wildman–Crippen MR) is 75.2 cm³/mol. The summed E-state index contributed by atoms with van der Waals surface area (Å²) in [5, 5.41) is 0. The molecule has 1 heterocycles.